The summed E-state index contributed by atoms with van der Waals surface area (Å²) in [5.41, 5.74) is 1.22. The van der Waals surface area contributed by atoms with E-state index in [1.54, 1.807) is 24.0 Å². The van der Waals surface area contributed by atoms with E-state index in [1.165, 1.54) is 0 Å². The first kappa shape index (κ1) is 19.0. The number of carbonyl (C=O) groups excluding carboxylic acids is 1. The molecule has 4 rings (SSSR count). The molecule has 1 aliphatic rings. The molecule has 0 saturated carbocycles. The minimum Gasteiger partial charge on any atom is -0.482 e. The maximum absolute atomic E-state index is 12.9. The number of hydrogen-bond donors (Lipinski definition) is 1. The number of para-hydroxylation sites is 2. The Morgan fingerprint density at radius 2 is 2.03 bits per heavy atom. The average Bonchev–Trinajstić information content (AvgIpc) is 3.11. The molecule has 1 amide bonds. The summed E-state index contributed by atoms with van der Waals surface area (Å²) in [4.78, 5) is 21.3. The lowest BCUT2D eigenvalue weighted by Crippen LogP contribution is -2.39. The molecule has 0 saturated heterocycles. The predicted molar refractivity (Wildman–Crippen MR) is 97.9 cm³/mol. The molecule has 0 spiro atoms. The van der Waals surface area contributed by atoms with Crippen LogP contribution in [0.4, 0.5) is 24.7 Å². The van der Waals surface area contributed by atoms with Gasteiger partial charge in [0.1, 0.15) is 11.6 Å². The maximum atomic E-state index is 12.9. The monoisotopic (exact) mass is 406 g/mol. The Morgan fingerprint density at radius 1 is 1.24 bits per heavy atom. The van der Waals surface area contributed by atoms with Crippen molar-refractivity contribution in [1.82, 2.24) is 19.6 Å². The summed E-state index contributed by atoms with van der Waals surface area (Å²) in [5, 5.41) is 6.57. The fourth-order valence-corrected chi connectivity index (χ4v) is 3.09. The first-order valence-corrected chi connectivity index (χ1v) is 8.90. The number of nitrogens with one attached hydrogen (secondary N) is 1. The van der Waals surface area contributed by atoms with Gasteiger partial charge in [-0.1, -0.05) is 12.1 Å². The number of halogens is 3. The van der Waals surface area contributed by atoms with E-state index in [2.05, 4.69) is 20.4 Å². The SMILES string of the molecule is Cc1cc(NCCCN2C(=O)COc3ccccc32)n2nc(C(F)(F)F)nc2n1. The number of carbonyl (C=O) groups is 1. The molecule has 1 N–H and O–H groups in total. The van der Waals surface area contributed by atoms with Crippen LogP contribution in [0.2, 0.25) is 0 Å². The standard InChI is InChI=1S/C18H17F3N6O2/c1-11-9-14(27-17(23-11)24-16(25-27)18(19,20)21)22-7-4-8-26-12-5-2-3-6-13(12)29-10-15(26)28/h2-3,5-6,9,22H,4,7-8,10H2,1H3. The zero-order chi connectivity index (χ0) is 20.6. The van der Waals surface area contributed by atoms with E-state index in [1.807, 2.05) is 18.2 Å². The molecule has 2 aromatic heterocycles. The van der Waals surface area contributed by atoms with Crippen LogP contribution >= 0.6 is 0 Å². The molecule has 152 valence electrons. The first-order valence-electron chi connectivity index (χ1n) is 8.90. The number of aromatic nitrogens is 4. The van der Waals surface area contributed by atoms with Crippen molar-refractivity contribution < 1.29 is 22.7 Å². The van der Waals surface area contributed by atoms with E-state index >= 15 is 0 Å². The number of anilines is 2. The zero-order valence-corrected chi connectivity index (χ0v) is 15.4. The van der Waals surface area contributed by atoms with Crippen LogP contribution in [0.1, 0.15) is 17.9 Å². The minimum absolute atomic E-state index is 0.0201. The van der Waals surface area contributed by atoms with Gasteiger partial charge in [0, 0.05) is 24.8 Å². The third-order valence-corrected chi connectivity index (χ3v) is 4.37. The van der Waals surface area contributed by atoms with Crippen LogP contribution < -0.4 is 15.0 Å². The summed E-state index contributed by atoms with van der Waals surface area (Å²) in [6.45, 7) is 2.49. The Hall–Kier alpha value is -3.37. The summed E-state index contributed by atoms with van der Waals surface area (Å²) < 4.78 is 45.1. The van der Waals surface area contributed by atoms with Gasteiger partial charge in [0.15, 0.2) is 6.61 Å². The normalized spacial score (nSPS) is 14.1. The molecular weight excluding hydrogens is 389 g/mol. The molecular formula is C18H17F3N6O2. The molecule has 3 heterocycles. The quantitative estimate of drug-likeness (QED) is 0.656. The van der Waals surface area contributed by atoms with Crippen molar-refractivity contribution in [2.24, 2.45) is 0 Å². The molecule has 8 nitrogen and oxygen atoms in total. The van der Waals surface area contributed by atoms with Gasteiger partial charge >= 0.3 is 6.18 Å². The van der Waals surface area contributed by atoms with Gasteiger partial charge in [-0.25, -0.2) is 4.98 Å². The molecule has 0 unspecified atom stereocenters. The second-order valence-corrected chi connectivity index (χ2v) is 6.51. The van der Waals surface area contributed by atoms with Crippen LogP contribution in [0.15, 0.2) is 30.3 Å². The van der Waals surface area contributed by atoms with Crippen molar-refractivity contribution in [2.75, 3.05) is 29.9 Å². The van der Waals surface area contributed by atoms with Crippen LogP contribution in [0.5, 0.6) is 5.75 Å². The molecule has 11 heteroatoms. The summed E-state index contributed by atoms with van der Waals surface area (Å²) in [7, 11) is 0. The lowest BCUT2D eigenvalue weighted by molar-refractivity contribution is -0.144. The van der Waals surface area contributed by atoms with Gasteiger partial charge < -0.3 is 15.0 Å². The van der Waals surface area contributed by atoms with Gasteiger partial charge in [0.25, 0.3) is 17.5 Å². The Morgan fingerprint density at radius 3 is 2.83 bits per heavy atom. The number of aryl methyl sites for hydroxylation is 1. The Labute approximate surface area is 163 Å². The Kier molecular flexibility index (Phi) is 4.73. The molecule has 3 aromatic rings. The van der Waals surface area contributed by atoms with Gasteiger partial charge in [-0.2, -0.15) is 22.7 Å². The number of ether oxygens (including phenoxy) is 1. The topological polar surface area (TPSA) is 84.7 Å². The molecule has 1 aromatic carbocycles. The number of fused-ring (bicyclic) bond motifs is 2. The second-order valence-electron chi connectivity index (χ2n) is 6.51. The Balaban J connectivity index is 1.46. The fraction of sp³-hybridized carbons (Fsp3) is 0.333. The molecule has 1 aliphatic heterocycles. The van der Waals surface area contributed by atoms with Crippen LogP contribution in [0.25, 0.3) is 5.78 Å². The third kappa shape index (κ3) is 3.80. The average molecular weight is 406 g/mol. The van der Waals surface area contributed by atoms with Crippen molar-refractivity contribution >= 4 is 23.2 Å². The number of rotatable bonds is 5. The molecule has 0 radical (unpaired) electrons. The molecule has 0 fully saturated rings. The second kappa shape index (κ2) is 7.22. The van der Waals surface area contributed by atoms with E-state index in [4.69, 9.17) is 4.74 Å². The van der Waals surface area contributed by atoms with Crippen LogP contribution in [0.3, 0.4) is 0 Å². The predicted octanol–water partition coefficient (Wildman–Crippen LogP) is 2.68. The van der Waals surface area contributed by atoms with Crippen molar-refractivity contribution in [2.45, 2.75) is 19.5 Å². The minimum atomic E-state index is -4.65. The van der Waals surface area contributed by atoms with Crippen molar-refractivity contribution in [1.29, 1.82) is 0 Å². The zero-order valence-electron chi connectivity index (χ0n) is 15.4. The molecule has 0 bridgehead atoms. The van der Waals surface area contributed by atoms with Gasteiger partial charge in [-0.3, -0.25) is 4.79 Å². The van der Waals surface area contributed by atoms with Crippen LogP contribution in [0, 0.1) is 6.92 Å². The van der Waals surface area contributed by atoms with Crippen LogP contribution in [-0.4, -0.2) is 45.2 Å². The highest BCUT2D eigenvalue weighted by Gasteiger charge is 2.36. The van der Waals surface area contributed by atoms with E-state index in [0.717, 1.165) is 4.52 Å². The number of nitrogens with zero attached hydrogens (tertiary/aromatic N) is 5. The third-order valence-electron chi connectivity index (χ3n) is 4.37. The summed E-state index contributed by atoms with van der Waals surface area (Å²) >= 11 is 0. The summed E-state index contributed by atoms with van der Waals surface area (Å²) in [5.74, 6) is -0.513. The van der Waals surface area contributed by atoms with Crippen molar-refractivity contribution in [3.8, 4) is 5.75 Å². The molecule has 29 heavy (non-hydrogen) atoms. The highest BCUT2D eigenvalue weighted by Crippen LogP contribution is 2.31. The lowest BCUT2D eigenvalue weighted by atomic mass is 10.2. The van der Waals surface area contributed by atoms with Gasteiger partial charge in [0.2, 0.25) is 0 Å². The number of alkyl halides is 3. The van der Waals surface area contributed by atoms with Gasteiger partial charge in [-0.05, 0) is 25.5 Å². The van der Waals surface area contributed by atoms with E-state index < -0.39 is 12.0 Å². The van der Waals surface area contributed by atoms with Crippen LogP contribution in [-0.2, 0) is 11.0 Å². The fourth-order valence-electron chi connectivity index (χ4n) is 3.09. The molecule has 0 atom stereocenters. The number of amides is 1. The summed E-state index contributed by atoms with van der Waals surface area (Å²) in [6, 6.07) is 8.86. The van der Waals surface area contributed by atoms with Crippen molar-refractivity contribution in [3.63, 3.8) is 0 Å². The van der Waals surface area contributed by atoms with E-state index in [0.29, 0.717) is 42.5 Å². The largest absolute Gasteiger partial charge is 0.482 e. The van der Waals surface area contributed by atoms with Crippen molar-refractivity contribution in [3.05, 3.63) is 41.9 Å². The highest BCUT2D eigenvalue weighted by molar-refractivity contribution is 5.97. The lowest BCUT2D eigenvalue weighted by Gasteiger charge is -2.29. The van der Waals surface area contributed by atoms with Gasteiger partial charge in [-0.15, -0.1) is 5.10 Å². The van der Waals surface area contributed by atoms with Gasteiger partial charge in [0.05, 0.1) is 5.69 Å². The van der Waals surface area contributed by atoms with E-state index in [9.17, 15) is 18.0 Å². The highest BCUT2D eigenvalue weighted by atomic mass is 19.4. The molecule has 0 aliphatic carbocycles. The van der Waals surface area contributed by atoms with E-state index in [-0.39, 0.29) is 18.3 Å². The number of benzene rings is 1. The maximum Gasteiger partial charge on any atom is 0.453 e. The summed E-state index contributed by atoms with van der Waals surface area (Å²) in [6.07, 6.45) is -4.09. The smallest absolute Gasteiger partial charge is 0.453 e. The number of hydrogen-bond acceptors (Lipinski definition) is 6. The first-order chi connectivity index (χ1) is 13.8. The Bertz CT molecular complexity index is 1070.